The summed E-state index contributed by atoms with van der Waals surface area (Å²) in [6.45, 7) is 0.265. The van der Waals surface area contributed by atoms with E-state index in [1.54, 1.807) is 0 Å². The Morgan fingerprint density at radius 2 is 2.06 bits per heavy atom. The van der Waals surface area contributed by atoms with E-state index >= 15 is 0 Å². The molecule has 0 saturated carbocycles. The van der Waals surface area contributed by atoms with Crippen molar-refractivity contribution in [1.82, 2.24) is 0 Å². The van der Waals surface area contributed by atoms with E-state index in [9.17, 15) is 13.6 Å². The van der Waals surface area contributed by atoms with Gasteiger partial charge in [-0.15, -0.1) is 0 Å². The van der Waals surface area contributed by atoms with Gasteiger partial charge in [-0.1, -0.05) is 6.07 Å². The Bertz CT molecular complexity index is 434. The maximum absolute atomic E-state index is 13.6. The highest BCUT2D eigenvalue weighted by molar-refractivity contribution is 9.10. The van der Waals surface area contributed by atoms with Crippen molar-refractivity contribution in [2.24, 2.45) is 0 Å². The van der Waals surface area contributed by atoms with Crippen LogP contribution in [-0.2, 0) is 9.53 Å². The number of rotatable bonds is 1. The van der Waals surface area contributed by atoms with Crippen molar-refractivity contribution in [2.45, 2.75) is 18.9 Å². The molecule has 2 nitrogen and oxygen atoms in total. The van der Waals surface area contributed by atoms with E-state index in [2.05, 4.69) is 15.9 Å². The minimum atomic E-state index is -0.950. The van der Waals surface area contributed by atoms with Crippen LogP contribution in [0.25, 0.3) is 0 Å². The van der Waals surface area contributed by atoms with Gasteiger partial charge in [0.1, 0.15) is 5.78 Å². The van der Waals surface area contributed by atoms with Crippen LogP contribution in [0.4, 0.5) is 8.78 Å². The minimum Gasteiger partial charge on any atom is -0.372 e. The van der Waals surface area contributed by atoms with Crippen LogP contribution in [0.5, 0.6) is 0 Å². The number of hydrogen-bond donors (Lipinski definition) is 0. The summed E-state index contributed by atoms with van der Waals surface area (Å²) in [6, 6.07) is 2.85. The summed E-state index contributed by atoms with van der Waals surface area (Å²) in [5.74, 6) is -1.88. The fraction of sp³-hybridized carbons (Fsp3) is 0.364. The summed E-state index contributed by atoms with van der Waals surface area (Å²) in [5, 5.41) is 0. The van der Waals surface area contributed by atoms with E-state index in [1.165, 1.54) is 12.1 Å². The molecule has 1 aliphatic heterocycles. The summed E-state index contributed by atoms with van der Waals surface area (Å²) in [4.78, 5) is 11.2. The van der Waals surface area contributed by atoms with Gasteiger partial charge in [-0.3, -0.25) is 4.79 Å². The highest BCUT2D eigenvalue weighted by Crippen LogP contribution is 2.31. The van der Waals surface area contributed by atoms with Gasteiger partial charge in [0.25, 0.3) is 0 Å². The van der Waals surface area contributed by atoms with Gasteiger partial charge in [-0.25, -0.2) is 8.78 Å². The normalized spacial score (nSPS) is 21.2. The van der Waals surface area contributed by atoms with Crippen LogP contribution < -0.4 is 0 Å². The van der Waals surface area contributed by atoms with Crippen LogP contribution in [0.2, 0.25) is 0 Å². The molecule has 1 saturated heterocycles. The molecule has 0 radical (unpaired) electrons. The molecule has 0 N–H and O–H groups in total. The third-order valence-corrected chi connectivity index (χ3v) is 3.14. The lowest BCUT2D eigenvalue weighted by Gasteiger charge is -2.22. The number of ketones is 1. The van der Waals surface area contributed by atoms with Crippen molar-refractivity contribution < 1.29 is 18.3 Å². The zero-order valence-corrected chi connectivity index (χ0v) is 9.89. The van der Waals surface area contributed by atoms with Gasteiger partial charge < -0.3 is 4.74 Å². The maximum Gasteiger partial charge on any atom is 0.173 e. The van der Waals surface area contributed by atoms with E-state index in [4.69, 9.17) is 4.74 Å². The van der Waals surface area contributed by atoms with Crippen LogP contribution in [-0.4, -0.2) is 12.4 Å². The predicted molar refractivity (Wildman–Crippen MR) is 57.0 cm³/mol. The topological polar surface area (TPSA) is 26.3 Å². The van der Waals surface area contributed by atoms with Gasteiger partial charge in [-0.2, -0.15) is 0 Å². The molecule has 1 aromatic rings. The summed E-state index contributed by atoms with van der Waals surface area (Å²) in [5.41, 5.74) is 0.105. The first-order valence-corrected chi connectivity index (χ1v) is 5.65. The molecular formula is C11H9BrF2O2. The molecule has 5 heteroatoms. The molecule has 1 heterocycles. The zero-order valence-electron chi connectivity index (χ0n) is 8.30. The van der Waals surface area contributed by atoms with Gasteiger partial charge in [0.15, 0.2) is 11.6 Å². The highest BCUT2D eigenvalue weighted by Gasteiger charge is 2.26. The van der Waals surface area contributed by atoms with Crippen LogP contribution in [0.15, 0.2) is 16.6 Å². The molecule has 0 bridgehead atoms. The smallest absolute Gasteiger partial charge is 0.173 e. The minimum absolute atomic E-state index is 0.0129. The molecule has 1 aromatic carbocycles. The van der Waals surface area contributed by atoms with Gasteiger partial charge in [0, 0.05) is 18.4 Å². The molecule has 1 unspecified atom stereocenters. The van der Waals surface area contributed by atoms with E-state index in [0.717, 1.165) is 0 Å². The fourth-order valence-corrected chi connectivity index (χ4v) is 1.98. The molecule has 1 aliphatic rings. The number of carbonyl (C=O) groups excluding carboxylic acids is 1. The standard InChI is InChI=1S/C11H9BrF2O2/c12-8-2-1-7(10(13)11(8)14)9-5-6(15)3-4-16-9/h1-2,9H,3-5H2. The van der Waals surface area contributed by atoms with Crippen LogP contribution in [0, 0.1) is 11.6 Å². The Hall–Kier alpha value is -0.810. The summed E-state index contributed by atoms with van der Waals surface area (Å²) < 4.78 is 32.2. The predicted octanol–water partition coefficient (Wildman–Crippen LogP) is 3.15. The second-order valence-electron chi connectivity index (χ2n) is 3.62. The van der Waals surface area contributed by atoms with E-state index in [1.807, 2.05) is 0 Å². The Labute approximate surface area is 99.7 Å². The lowest BCUT2D eigenvalue weighted by molar-refractivity contribution is -0.128. The van der Waals surface area contributed by atoms with Crippen LogP contribution in [0.3, 0.4) is 0 Å². The molecule has 1 atom stereocenters. The largest absolute Gasteiger partial charge is 0.372 e. The molecule has 0 amide bonds. The first-order valence-electron chi connectivity index (χ1n) is 4.86. The van der Waals surface area contributed by atoms with Gasteiger partial charge in [0.05, 0.1) is 17.2 Å². The Morgan fingerprint density at radius 3 is 2.75 bits per heavy atom. The SMILES string of the molecule is O=C1CCOC(c2ccc(Br)c(F)c2F)C1. The first-order chi connectivity index (χ1) is 7.59. The molecule has 2 rings (SSSR count). The van der Waals surface area contributed by atoms with Gasteiger partial charge >= 0.3 is 0 Å². The third-order valence-electron chi connectivity index (χ3n) is 2.52. The van der Waals surface area contributed by atoms with Gasteiger partial charge in [0.2, 0.25) is 0 Å². The Balaban J connectivity index is 2.33. The third kappa shape index (κ3) is 2.15. The summed E-state index contributed by atoms with van der Waals surface area (Å²) >= 11 is 2.89. The molecule has 0 aliphatic carbocycles. The quantitative estimate of drug-likeness (QED) is 0.743. The number of halogens is 3. The second kappa shape index (κ2) is 4.59. The lowest BCUT2D eigenvalue weighted by Crippen LogP contribution is -2.20. The number of hydrogen-bond acceptors (Lipinski definition) is 2. The number of Topliss-reactive ketones (excluding diaryl/α,β-unsaturated/α-hetero) is 1. The molecular weight excluding hydrogens is 282 g/mol. The average molecular weight is 291 g/mol. The molecule has 86 valence electrons. The van der Waals surface area contributed by atoms with Crippen molar-refractivity contribution in [3.63, 3.8) is 0 Å². The average Bonchev–Trinajstić information content (AvgIpc) is 2.26. The molecule has 1 fully saturated rings. The number of carbonyl (C=O) groups is 1. The van der Waals surface area contributed by atoms with Crippen molar-refractivity contribution in [3.8, 4) is 0 Å². The number of benzene rings is 1. The number of ether oxygens (including phenoxy) is 1. The Morgan fingerprint density at radius 1 is 1.31 bits per heavy atom. The van der Waals surface area contributed by atoms with Crippen molar-refractivity contribution in [2.75, 3.05) is 6.61 Å². The van der Waals surface area contributed by atoms with Gasteiger partial charge in [-0.05, 0) is 22.0 Å². The van der Waals surface area contributed by atoms with Crippen molar-refractivity contribution in [3.05, 3.63) is 33.8 Å². The van der Waals surface area contributed by atoms with E-state index < -0.39 is 17.7 Å². The lowest BCUT2D eigenvalue weighted by atomic mass is 10.00. The molecule has 0 aromatic heterocycles. The summed E-state index contributed by atoms with van der Waals surface area (Å²) in [6.07, 6.45) is -0.210. The fourth-order valence-electron chi connectivity index (χ4n) is 1.67. The monoisotopic (exact) mass is 290 g/mol. The first kappa shape index (κ1) is 11.7. The summed E-state index contributed by atoms with van der Waals surface area (Å²) in [7, 11) is 0. The highest BCUT2D eigenvalue weighted by atomic mass is 79.9. The van der Waals surface area contributed by atoms with Crippen molar-refractivity contribution >= 4 is 21.7 Å². The van der Waals surface area contributed by atoms with E-state index in [0.29, 0.717) is 6.42 Å². The van der Waals surface area contributed by atoms with Crippen LogP contribution >= 0.6 is 15.9 Å². The second-order valence-corrected chi connectivity index (χ2v) is 4.47. The molecule has 16 heavy (non-hydrogen) atoms. The van der Waals surface area contributed by atoms with Crippen molar-refractivity contribution in [1.29, 1.82) is 0 Å². The maximum atomic E-state index is 13.6. The van der Waals surface area contributed by atoms with Crippen LogP contribution in [0.1, 0.15) is 24.5 Å². The van der Waals surface area contributed by atoms with E-state index in [-0.39, 0.29) is 28.8 Å². The zero-order chi connectivity index (χ0) is 11.7. The Kier molecular flexibility index (Phi) is 3.35. The molecule has 0 spiro atoms.